The summed E-state index contributed by atoms with van der Waals surface area (Å²) in [5.74, 6) is 1.06. The van der Waals surface area contributed by atoms with E-state index in [4.69, 9.17) is 37.9 Å². The minimum Gasteiger partial charge on any atom is -0.493 e. The molecule has 2 aromatic rings. The first-order chi connectivity index (χ1) is 9.13. The number of methoxy groups -OCH3 is 1. The van der Waals surface area contributed by atoms with E-state index in [9.17, 15) is 0 Å². The quantitative estimate of drug-likeness (QED) is 0.867. The molecule has 0 aliphatic carbocycles. The fourth-order valence-electron chi connectivity index (χ4n) is 1.35. The average molecular weight is 296 g/mol. The van der Waals surface area contributed by atoms with Gasteiger partial charge in [0.2, 0.25) is 0 Å². The van der Waals surface area contributed by atoms with Crippen molar-refractivity contribution in [2.45, 2.75) is 0 Å². The topological polar surface area (TPSA) is 68.0 Å². The predicted molar refractivity (Wildman–Crippen MR) is 69.8 cm³/mol. The molecule has 0 spiro atoms. The lowest BCUT2D eigenvalue weighted by atomic mass is 10.2. The number of nitrogens with zero attached hydrogens (tertiary/aromatic N) is 3. The maximum absolute atomic E-state index is 8.82. The van der Waals surface area contributed by atoms with Crippen molar-refractivity contribution in [1.29, 1.82) is 5.26 Å². The Bertz CT molecular complexity index is 656. The second-order valence-corrected chi connectivity index (χ2v) is 4.15. The molecule has 19 heavy (non-hydrogen) atoms. The van der Waals surface area contributed by atoms with Gasteiger partial charge in [-0.05, 0) is 12.1 Å². The molecule has 1 aromatic carbocycles. The first-order valence-corrected chi connectivity index (χ1v) is 5.84. The van der Waals surface area contributed by atoms with Crippen molar-refractivity contribution in [2.75, 3.05) is 7.11 Å². The molecule has 0 N–H and O–H groups in total. The minimum absolute atomic E-state index is 0.0795. The molecule has 0 radical (unpaired) electrons. The lowest BCUT2D eigenvalue weighted by Crippen LogP contribution is -1.94. The highest BCUT2D eigenvalue weighted by Gasteiger charge is 2.11. The van der Waals surface area contributed by atoms with Crippen molar-refractivity contribution in [2.24, 2.45) is 0 Å². The molecule has 0 bridgehead atoms. The number of halogens is 2. The van der Waals surface area contributed by atoms with E-state index in [1.807, 2.05) is 6.07 Å². The van der Waals surface area contributed by atoms with Crippen LogP contribution in [0.3, 0.4) is 0 Å². The third kappa shape index (κ3) is 3.05. The summed E-state index contributed by atoms with van der Waals surface area (Å²) in [5, 5.41) is 16.3. The van der Waals surface area contributed by atoms with E-state index < -0.39 is 0 Å². The number of nitriles is 1. The molecule has 2 rings (SSSR count). The zero-order valence-electron chi connectivity index (χ0n) is 9.72. The van der Waals surface area contributed by atoms with Crippen molar-refractivity contribution >= 4 is 23.2 Å². The van der Waals surface area contributed by atoms with Crippen LogP contribution in [0.1, 0.15) is 5.56 Å². The molecule has 1 heterocycles. The second kappa shape index (κ2) is 5.74. The highest BCUT2D eigenvalue weighted by atomic mass is 35.5. The number of ether oxygens (including phenoxy) is 2. The first kappa shape index (κ1) is 13.4. The van der Waals surface area contributed by atoms with Gasteiger partial charge in [0.15, 0.2) is 27.6 Å². The Morgan fingerprint density at radius 2 is 1.89 bits per heavy atom. The summed E-state index contributed by atoms with van der Waals surface area (Å²) in [6, 6.07) is 8.20. The maximum Gasteiger partial charge on any atom is 0.194 e. The summed E-state index contributed by atoms with van der Waals surface area (Å²) in [6.07, 6.45) is 0. The van der Waals surface area contributed by atoms with E-state index in [1.165, 1.54) is 13.2 Å². The molecule has 0 aliphatic heterocycles. The predicted octanol–water partition coefficient (Wildman–Crippen LogP) is 3.46. The van der Waals surface area contributed by atoms with Gasteiger partial charge in [-0.25, -0.2) is 0 Å². The van der Waals surface area contributed by atoms with Gasteiger partial charge >= 0.3 is 0 Å². The third-order valence-corrected chi connectivity index (χ3v) is 2.65. The first-order valence-electron chi connectivity index (χ1n) is 5.08. The van der Waals surface area contributed by atoms with E-state index in [0.29, 0.717) is 17.1 Å². The Morgan fingerprint density at radius 3 is 2.58 bits per heavy atom. The Balaban J connectivity index is 2.38. The van der Waals surface area contributed by atoms with Gasteiger partial charge < -0.3 is 9.47 Å². The van der Waals surface area contributed by atoms with Gasteiger partial charge in [-0.2, -0.15) is 5.26 Å². The number of benzene rings is 1. The monoisotopic (exact) mass is 295 g/mol. The molecule has 0 amide bonds. The molecule has 0 saturated heterocycles. The summed E-state index contributed by atoms with van der Waals surface area (Å²) in [7, 11) is 1.47. The standard InChI is InChI=1S/C12H7Cl2N3O2/c1-18-9-4-7(6-15)2-3-8(9)19-10-5-11(13)16-17-12(10)14/h2-5H,1H3. The van der Waals surface area contributed by atoms with Crippen LogP contribution in [-0.2, 0) is 0 Å². The van der Waals surface area contributed by atoms with E-state index in [2.05, 4.69) is 10.2 Å². The summed E-state index contributed by atoms with van der Waals surface area (Å²) in [4.78, 5) is 0. The minimum atomic E-state index is 0.0795. The molecule has 0 fully saturated rings. The number of hydrogen-bond acceptors (Lipinski definition) is 5. The van der Waals surface area contributed by atoms with Gasteiger partial charge in [-0.1, -0.05) is 23.2 Å². The molecular formula is C12H7Cl2N3O2. The highest BCUT2D eigenvalue weighted by molar-refractivity contribution is 6.32. The zero-order chi connectivity index (χ0) is 13.8. The van der Waals surface area contributed by atoms with Crippen LogP contribution >= 0.6 is 23.2 Å². The lowest BCUT2D eigenvalue weighted by molar-refractivity contribution is 0.378. The van der Waals surface area contributed by atoms with E-state index in [1.54, 1.807) is 18.2 Å². The van der Waals surface area contributed by atoms with Gasteiger partial charge in [-0.3, -0.25) is 0 Å². The summed E-state index contributed by atoms with van der Waals surface area (Å²) >= 11 is 11.6. The second-order valence-electron chi connectivity index (χ2n) is 3.40. The van der Waals surface area contributed by atoms with Gasteiger partial charge in [0.05, 0.1) is 18.7 Å². The van der Waals surface area contributed by atoms with Crippen LogP contribution in [0.4, 0.5) is 0 Å². The molecule has 0 unspecified atom stereocenters. The van der Waals surface area contributed by atoms with Crippen LogP contribution in [0, 0.1) is 11.3 Å². The van der Waals surface area contributed by atoms with Gasteiger partial charge in [0, 0.05) is 12.1 Å². The normalized spacial score (nSPS) is 9.79. The van der Waals surface area contributed by atoms with Crippen LogP contribution in [0.2, 0.25) is 10.3 Å². The Labute approximate surface area is 119 Å². The van der Waals surface area contributed by atoms with Crippen molar-refractivity contribution < 1.29 is 9.47 Å². The third-order valence-electron chi connectivity index (χ3n) is 2.20. The van der Waals surface area contributed by atoms with Crippen LogP contribution in [0.15, 0.2) is 24.3 Å². The van der Waals surface area contributed by atoms with Gasteiger partial charge in [0.1, 0.15) is 0 Å². The highest BCUT2D eigenvalue weighted by Crippen LogP contribution is 2.35. The molecule has 5 nitrogen and oxygen atoms in total. The molecule has 7 heteroatoms. The largest absolute Gasteiger partial charge is 0.493 e. The fraction of sp³-hybridized carbons (Fsp3) is 0.0833. The number of aromatic nitrogens is 2. The van der Waals surface area contributed by atoms with E-state index in [0.717, 1.165) is 0 Å². The van der Waals surface area contributed by atoms with Crippen molar-refractivity contribution in [1.82, 2.24) is 10.2 Å². The molecule has 0 saturated carbocycles. The van der Waals surface area contributed by atoms with Gasteiger partial charge in [0.25, 0.3) is 0 Å². The Hall–Kier alpha value is -2.03. The van der Waals surface area contributed by atoms with Crippen LogP contribution < -0.4 is 9.47 Å². The van der Waals surface area contributed by atoms with Crippen molar-refractivity contribution in [3.8, 4) is 23.3 Å². The molecule has 1 aromatic heterocycles. The van der Waals surface area contributed by atoms with Crippen molar-refractivity contribution in [3.63, 3.8) is 0 Å². The van der Waals surface area contributed by atoms with E-state index >= 15 is 0 Å². The molecule has 96 valence electrons. The Kier molecular flexibility index (Phi) is 4.05. The van der Waals surface area contributed by atoms with Crippen LogP contribution in [-0.4, -0.2) is 17.3 Å². The van der Waals surface area contributed by atoms with E-state index in [-0.39, 0.29) is 16.1 Å². The fourth-order valence-corrected chi connectivity index (χ4v) is 1.62. The van der Waals surface area contributed by atoms with Crippen LogP contribution in [0.25, 0.3) is 0 Å². The molecular weight excluding hydrogens is 289 g/mol. The SMILES string of the molecule is COc1cc(C#N)ccc1Oc1cc(Cl)nnc1Cl. The van der Waals surface area contributed by atoms with Gasteiger partial charge in [-0.15, -0.1) is 10.2 Å². The molecule has 0 atom stereocenters. The molecule has 0 aliphatic rings. The maximum atomic E-state index is 8.82. The summed E-state index contributed by atoms with van der Waals surface area (Å²) < 4.78 is 10.7. The smallest absolute Gasteiger partial charge is 0.194 e. The lowest BCUT2D eigenvalue weighted by Gasteiger charge is -2.10. The average Bonchev–Trinajstić information content (AvgIpc) is 2.43. The van der Waals surface area contributed by atoms with Crippen LogP contribution in [0.5, 0.6) is 17.2 Å². The summed E-state index contributed by atoms with van der Waals surface area (Å²) in [6.45, 7) is 0. The zero-order valence-corrected chi connectivity index (χ0v) is 11.2. The number of hydrogen-bond donors (Lipinski definition) is 0. The van der Waals surface area contributed by atoms with Crippen molar-refractivity contribution in [3.05, 3.63) is 40.1 Å². The Morgan fingerprint density at radius 1 is 1.11 bits per heavy atom. The summed E-state index contributed by atoms with van der Waals surface area (Å²) in [5.41, 5.74) is 0.459. The number of rotatable bonds is 3.